The van der Waals surface area contributed by atoms with Gasteiger partial charge >= 0.3 is 0 Å². The van der Waals surface area contributed by atoms with Crippen molar-refractivity contribution in [2.45, 2.75) is 29.3 Å². The Kier molecular flexibility index (Phi) is 6.39. The summed E-state index contributed by atoms with van der Waals surface area (Å²) in [6.07, 6.45) is 2.19. The number of hydrogen-bond donors (Lipinski definition) is 1. The van der Waals surface area contributed by atoms with Gasteiger partial charge in [0, 0.05) is 11.7 Å². The molecule has 1 aliphatic rings. The lowest BCUT2D eigenvalue weighted by atomic mass is 10.1. The molecule has 0 unspecified atom stereocenters. The Hall–Kier alpha value is -2.81. The predicted octanol–water partition coefficient (Wildman–Crippen LogP) is 6.48. The molecule has 2 aromatic heterocycles. The summed E-state index contributed by atoms with van der Waals surface area (Å²) < 4.78 is 7.39. The van der Waals surface area contributed by atoms with Crippen LogP contribution in [0.2, 0.25) is 5.02 Å². The molecular weight excluding hydrogens is 476 g/mol. The lowest BCUT2D eigenvalue weighted by Gasteiger charge is -2.18. The molecule has 33 heavy (non-hydrogen) atoms. The molecule has 0 saturated heterocycles. The third-order valence-corrected chi connectivity index (χ3v) is 7.67. The summed E-state index contributed by atoms with van der Waals surface area (Å²) in [4.78, 5) is 14.5. The fraction of sp³-hybridized carbons (Fsp3) is 0.208. The minimum absolute atomic E-state index is 0.157. The van der Waals surface area contributed by atoms with Crippen LogP contribution in [0.25, 0.3) is 10.7 Å². The Morgan fingerprint density at radius 2 is 2.00 bits per heavy atom. The smallest absolute Gasteiger partial charge is 0.242 e. The number of hydrogen-bond acceptors (Lipinski definition) is 6. The van der Waals surface area contributed by atoms with Gasteiger partial charge in [-0.3, -0.25) is 9.36 Å². The summed E-state index contributed by atoms with van der Waals surface area (Å²) in [6, 6.07) is 19.4. The first-order valence-electron chi connectivity index (χ1n) is 10.5. The Balaban J connectivity index is 1.46. The van der Waals surface area contributed by atoms with Crippen molar-refractivity contribution >= 4 is 46.3 Å². The molecule has 2 aromatic carbocycles. The van der Waals surface area contributed by atoms with E-state index in [1.165, 1.54) is 11.8 Å². The normalized spacial score (nSPS) is 14.1. The number of thioether (sulfide) groups is 1. The topological polar surface area (TPSA) is 69.0 Å². The van der Waals surface area contributed by atoms with E-state index in [4.69, 9.17) is 16.3 Å². The molecule has 168 valence electrons. The first-order chi connectivity index (χ1) is 16.1. The molecule has 6 nitrogen and oxygen atoms in total. The Labute approximate surface area is 205 Å². The van der Waals surface area contributed by atoms with Gasteiger partial charge in [0.2, 0.25) is 5.91 Å². The highest BCUT2D eigenvalue weighted by molar-refractivity contribution is 8.00. The third kappa shape index (κ3) is 4.78. The highest BCUT2D eigenvalue weighted by Crippen LogP contribution is 2.45. The van der Waals surface area contributed by atoms with E-state index in [0.29, 0.717) is 22.5 Å². The van der Waals surface area contributed by atoms with E-state index in [9.17, 15) is 4.79 Å². The molecule has 1 saturated carbocycles. The quantitative estimate of drug-likeness (QED) is 0.283. The van der Waals surface area contributed by atoms with Crippen molar-refractivity contribution in [3.8, 4) is 16.5 Å². The van der Waals surface area contributed by atoms with E-state index < -0.39 is 5.25 Å². The zero-order valence-electron chi connectivity index (χ0n) is 17.8. The van der Waals surface area contributed by atoms with Gasteiger partial charge in [-0.25, -0.2) is 0 Å². The Morgan fingerprint density at radius 1 is 1.18 bits per heavy atom. The van der Waals surface area contributed by atoms with Gasteiger partial charge < -0.3 is 10.1 Å². The molecule has 1 atom stereocenters. The van der Waals surface area contributed by atoms with Gasteiger partial charge in [0.05, 0.1) is 17.0 Å². The van der Waals surface area contributed by atoms with Gasteiger partial charge in [0.1, 0.15) is 11.0 Å². The summed E-state index contributed by atoms with van der Waals surface area (Å²) in [7, 11) is 1.56. The molecule has 0 radical (unpaired) electrons. The molecule has 1 fully saturated rings. The largest absolute Gasteiger partial charge is 0.495 e. The van der Waals surface area contributed by atoms with Crippen molar-refractivity contribution in [1.82, 2.24) is 14.8 Å². The highest BCUT2D eigenvalue weighted by atomic mass is 35.5. The third-order valence-electron chi connectivity index (χ3n) is 5.30. The number of carbonyl (C=O) groups excluding carboxylic acids is 1. The maximum Gasteiger partial charge on any atom is 0.242 e. The number of nitrogens with one attached hydrogen (secondary N) is 1. The minimum atomic E-state index is -0.509. The number of nitrogens with zero attached hydrogens (tertiary/aromatic N) is 3. The Bertz CT molecular complexity index is 1260. The average molecular weight is 497 g/mol. The monoisotopic (exact) mass is 496 g/mol. The van der Waals surface area contributed by atoms with E-state index in [2.05, 4.69) is 26.1 Å². The van der Waals surface area contributed by atoms with Gasteiger partial charge in [-0.1, -0.05) is 59.8 Å². The number of anilines is 1. The molecule has 1 amide bonds. The van der Waals surface area contributed by atoms with Crippen LogP contribution in [0.15, 0.2) is 71.2 Å². The second-order valence-corrected chi connectivity index (χ2v) is 10.1. The van der Waals surface area contributed by atoms with Crippen molar-refractivity contribution in [2.24, 2.45) is 0 Å². The molecule has 2 heterocycles. The van der Waals surface area contributed by atoms with Crippen LogP contribution in [0.4, 0.5) is 5.69 Å². The summed E-state index contributed by atoms with van der Waals surface area (Å²) in [5.41, 5.74) is 1.50. The van der Waals surface area contributed by atoms with E-state index in [1.807, 2.05) is 41.8 Å². The number of carbonyl (C=O) groups is 1. The number of aromatic nitrogens is 3. The number of methoxy groups -OCH3 is 1. The van der Waals surface area contributed by atoms with Crippen LogP contribution in [0, 0.1) is 0 Å². The number of thiophene rings is 1. The van der Waals surface area contributed by atoms with E-state index >= 15 is 0 Å². The molecule has 1 aliphatic carbocycles. The standard InChI is InChI=1S/C24H21ClN4O2S2/c1-31-19-12-9-16(14-18(19)25)26-23(30)21(15-6-3-2-4-7-15)33-24-28-27-22(20-8-5-13-32-20)29(24)17-10-11-17/h2-9,12-14,17,21H,10-11H2,1H3,(H,26,30)/t21-/m1/s1. The van der Waals surface area contributed by atoms with Gasteiger partial charge in [-0.15, -0.1) is 21.5 Å². The van der Waals surface area contributed by atoms with Gasteiger partial charge in [0.25, 0.3) is 0 Å². The number of benzene rings is 2. The average Bonchev–Trinajstić information content (AvgIpc) is 3.34. The van der Waals surface area contributed by atoms with Crippen molar-refractivity contribution < 1.29 is 9.53 Å². The van der Waals surface area contributed by atoms with Gasteiger partial charge in [0.15, 0.2) is 11.0 Å². The molecule has 0 spiro atoms. The van der Waals surface area contributed by atoms with E-state index in [1.54, 1.807) is 36.6 Å². The molecule has 0 bridgehead atoms. The van der Waals surface area contributed by atoms with E-state index in [0.717, 1.165) is 34.3 Å². The van der Waals surface area contributed by atoms with Crippen LogP contribution >= 0.6 is 34.7 Å². The van der Waals surface area contributed by atoms with Crippen LogP contribution in [0.1, 0.15) is 29.7 Å². The van der Waals surface area contributed by atoms with Crippen molar-refractivity contribution in [3.05, 3.63) is 76.6 Å². The van der Waals surface area contributed by atoms with Crippen molar-refractivity contribution in [3.63, 3.8) is 0 Å². The number of amides is 1. The number of halogens is 1. The van der Waals surface area contributed by atoms with E-state index in [-0.39, 0.29) is 5.91 Å². The summed E-state index contributed by atoms with van der Waals surface area (Å²) in [5, 5.41) is 14.7. The summed E-state index contributed by atoms with van der Waals surface area (Å²) in [6.45, 7) is 0. The van der Waals surface area contributed by atoms with Gasteiger partial charge in [-0.05, 0) is 48.1 Å². The highest BCUT2D eigenvalue weighted by Gasteiger charge is 2.33. The molecule has 9 heteroatoms. The van der Waals surface area contributed by atoms with Gasteiger partial charge in [-0.2, -0.15) is 0 Å². The lowest BCUT2D eigenvalue weighted by Crippen LogP contribution is -2.19. The first kappa shape index (κ1) is 22.0. The fourth-order valence-electron chi connectivity index (χ4n) is 3.55. The van der Waals surface area contributed by atoms with Crippen LogP contribution in [-0.2, 0) is 4.79 Å². The Morgan fingerprint density at radius 3 is 2.67 bits per heavy atom. The maximum absolute atomic E-state index is 13.5. The van der Waals surface area contributed by atoms with Crippen molar-refractivity contribution in [1.29, 1.82) is 0 Å². The minimum Gasteiger partial charge on any atom is -0.495 e. The second kappa shape index (κ2) is 9.59. The fourth-order valence-corrected chi connectivity index (χ4v) is 5.62. The predicted molar refractivity (Wildman–Crippen MR) is 133 cm³/mol. The summed E-state index contributed by atoms with van der Waals surface area (Å²) >= 11 is 9.31. The molecule has 4 aromatic rings. The number of ether oxygens (including phenoxy) is 1. The molecule has 1 N–H and O–H groups in total. The summed E-state index contributed by atoms with van der Waals surface area (Å²) in [5.74, 6) is 1.27. The lowest BCUT2D eigenvalue weighted by molar-refractivity contribution is -0.115. The molecular formula is C24H21ClN4O2S2. The van der Waals surface area contributed by atoms with Crippen LogP contribution in [-0.4, -0.2) is 27.8 Å². The zero-order chi connectivity index (χ0) is 22.8. The van der Waals surface area contributed by atoms with Crippen LogP contribution in [0.5, 0.6) is 5.75 Å². The van der Waals surface area contributed by atoms with Crippen molar-refractivity contribution in [2.75, 3.05) is 12.4 Å². The second-order valence-electron chi connectivity index (χ2n) is 7.63. The molecule has 0 aliphatic heterocycles. The zero-order valence-corrected chi connectivity index (χ0v) is 20.2. The SMILES string of the molecule is COc1ccc(NC(=O)[C@H](Sc2nnc(-c3cccs3)n2C2CC2)c2ccccc2)cc1Cl. The number of rotatable bonds is 8. The first-order valence-corrected chi connectivity index (χ1v) is 12.6. The molecule has 5 rings (SSSR count). The maximum atomic E-state index is 13.5. The van der Waals surface area contributed by atoms with Crippen LogP contribution < -0.4 is 10.1 Å². The van der Waals surface area contributed by atoms with Crippen LogP contribution in [0.3, 0.4) is 0 Å².